The number of rotatable bonds is 2. The normalized spacial score (nSPS) is 22.2. The van der Waals surface area contributed by atoms with Crippen molar-refractivity contribution in [2.45, 2.75) is 39.5 Å². The van der Waals surface area contributed by atoms with Crippen molar-refractivity contribution in [2.24, 2.45) is 11.8 Å². The summed E-state index contributed by atoms with van der Waals surface area (Å²) in [5.41, 5.74) is 1.24. The second-order valence-electron chi connectivity index (χ2n) is 6.39. The van der Waals surface area contributed by atoms with Gasteiger partial charge in [-0.3, -0.25) is 4.79 Å². The highest BCUT2D eigenvalue weighted by atomic mass is 16.5. The summed E-state index contributed by atoms with van der Waals surface area (Å²) < 4.78 is 5.59. The number of carbonyl (C=O) groups is 1. The summed E-state index contributed by atoms with van der Waals surface area (Å²) in [6.45, 7) is 4.34. The van der Waals surface area contributed by atoms with Crippen LogP contribution in [0.15, 0.2) is 36.4 Å². The fourth-order valence-corrected chi connectivity index (χ4v) is 3.10. The van der Waals surface area contributed by atoms with Crippen LogP contribution in [0, 0.1) is 18.8 Å². The van der Waals surface area contributed by atoms with E-state index in [1.54, 1.807) is 0 Å². The zero-order valence-electron chi connectivity index (χ0n) is 12.8. The molecule has 0 spiro atoms. The van der Waals surface area contributed by atoms with Crippen LogP contribution in [0.4, 0.5) is 0 Å². The molecule has 0 saturated heterocycles. The fourth-order valence-electron chi connectivity index (χ4n) is 3.10. The van der Waals surface area contributed by atoms with E-state index < -0.39 is 0 Å². The minimum Gasteiger partial charge on any atom is -0.426 e. The molecule has 1 saturated carbocycles. The Morgan fingerprint density at radius 1 is 1.00 bits per heavy atom. The first kappa shape index (κ1) is 14.1. The van der Waals surface area contributed by atoms with E-state index in [-0.39, 0.29) is 11.9 Å². The van der Waals surface area contributed by atoms with Crippen molar-refractivity contribution >= 4 is 16.7 Å². The number of carbonyl (C=O) groups excluding carboxylic acids is 1. The number of esters is 1. The van der Waals surface area contributed by atoms with Crippen LogP contribution in [0.5, 0.6) is 5.75 Å². The number of ether oxygens (including phenoxy) is 1. The van der Waals surface area contributed by atoms with Crippen LogP contribution in [0.1, 0.15) is 38.2 Å². The molecule has 1 aliphatic carbocycles. The molecular formula is C19H22O2. The van der Waals surface area contributed by atoms with Crippen LogP contribution in [0.2, 0.25) is 0 Å². The fraction of sp³-hybridized carbons (Fsp3) is 0.421. The molecular weight excluding hydrogens is 260 g/mol. The Morgan fingerprint density at radius 3 is 2.43 bits per heavy atom. The quantitative estimate of drug-likeness (QED) is 0.579. The average molecular weight is 282 g/mol. The monoisotopic (exact) mass is 282 g/mol. The summed E-state index contributed by atoms with van der Waals surface area (Å²) in [7, 11) is 0. The van der Waals surface area contributed by atoms with Crippen molar-refractivity contribution in [3.8, 4) is 5.75 Å². The van der Waals surface area contributed by atoms with Gasteiger partial charge in [0.15, 0.2) is 0 Å². The van der Waals surface area contributed by atoms with Gasteiger partial charge in [0.1, 0.15) is 5.75 Å². The minimum absolute atomic E-state index is 0.0617. The molecule has 3 rings (SSSR count). The third kappa shape index (κ3) is 3.26. The summed E-state index contributed by atoms with van der Waals surface area (Å²) in [4.78, 5) is 12.2. The summed E-state index contributed by atoms with van der Waals surface area (Å²) in [6.07, 6.45) is 4.20. The molecule has 21 heavy (non-hydrogen) atoms. The van der Waals surface area contributed by atoms with Crippen LogP contribution in [0.25, 0.3) is 10.8 Å². The predicted octanol–water partition coefficient (Wildman–Crippen LogP) is 4.88. The van der Waals surface area contributed by atoms with E-state index in [1.807, 2.05) is 18.2 Å². The van der Waals surface area contributed by atoms with Gasteiger partial charge < -0.3 is 4.74 Å². The number of aryl methyl sites for hydroxylation is 1. The molecule has 2 heteroatoms. The smallest absolute Gasteiger partial charge is 0.314 e. The Bertz CT molecular complexity index is 652. The zero-order valence-corrected chi connectivity index (χ0v) is 12.8. The third-order valence-electron chi connectivity index (χ3n) is 4.53. The zero-order chi connectivity index (χ0) is 14.8. The Kier molecular flexibility index (Phi) is 3.96. The Labute approximate surface area is 126 Å². The molecule has 110 valence electrons. The first-order chi connectivity index (χ1) is 10.1. The second-order valence-corrected chi connectivity index (χ2v) is 6.39. The van der Waals surface area contributed by atoms with Crippen molar-refractivity contribution < 1.29 is 9.53 Å². The molecule has 2 aromatic rings. The summed E-state index contributed by atoms with van der Waals surface area (Å²) >= 11 is 0. The van der Waals surface area contributed by atoms with Crippen molar-refractivity contribution in [1.29, 1.82) is 0 Å². The molecule has 2 aromatic carbocycles. The van der Waals surface area contributed by atoms with E-state index >= 15 is 0 Å². The van der Waals surface area contributed by atoms with Gasteiger partial charge in [0.2, 0.25) is 0 Å². The van der Waals surface area contributed by atoms with Gasteiger partial charge >= 0.3 is 5.97 Å². The van der Waals surface area contributed by atoms with Crippen molar-refractivity contribution in [1.82, 2.24) is 0 Å². The lowest BCUT2D eigenvalue weighted by Gasteiger charge is -2.24. The van der Waals surface area contributed by atoms with E-state index in [4.69, 9.17) is 4.74 Å². The molecule has 0 aromatic heterocycles. The first-order valence-electron chi connectivity index (χ1n) is 7.84. The molecule has 1 fully saturated rings. The summed E-state index contributed by atoms with van der Waals surface area (Å²) in [5.74, 6) is 1.43. The van der Waals surface area contributed by atoms with Gasteiger partial charge in [-0.05, 0) is 61.4 Å². The Hall–Kier alpha value is -1.83. The van der Waals surface area contributed by atoms with Crippen molar-refractivity contribution in [2.75, 3.05) is 0 Å². The van der Waals surface area contributed by atoms with E-state index in [0.717, 1.165) is 37.0 Å². The van der Waals surface area contributed by atoms with Gasteiger partial charge in [-0.15, -0.1) is 0 Å². The molecule has 0 aliphatic heterocycles. The van der Waals surface area contributed by atoms with Crippen molar-refractivity contribution in [3.05, 3.63) is 42.0 Å². The lowest BCUT2D eigenvalue weighted by Crippen LogP contribution is -2.24. The molecule has 0 radical (unpaired) electrons. The van der Waals surface area contributed by atoms with E-state index in [1.165, 1.54) is 10.9 Å². The SMILES string of the molecule is Cc1ccc2cc(OC(=O)C3CCC(C)CC3)ccc2c1. The van der Waals surface area contributed by atoms with Crippen molar-refractivity contribution in [3.63, 3.8) is 0 Å². The molecule has 0 amide bonds. The number of hydrogen-bond acceptors (Lipinski definition) is 2. The van der Waals surface area contributed by atoms with Crippen LogP contribution in [-0.2, 0) is 4.79 Å². The molecule has 0 bridgehead atoms. The highest BCUT2D eigenvalue weighted by Crippen LogP contribution is 2.30. The maximum absolute atomic E-state index is 12.2. The number of benzene rings is 2. The third-order valence-corrected chi connectivity index (χ3v) is 4.53. The number of fused-ring (bicyclic) bond motifs is 1. The molecule has 2 nitrogen and oxygen atoms in total. The average Bonchev–Trinajstić information content (AvgIpc) is 2.48. The van der Waals surface area contributed by atoms with Gasteiger partial charge in [0.25, 0.3) is 0 Å². The van der Waals surface area contributed by atoms with Gasteiger partial charge in [-0.25, -0.2) is 0 Å². The van der Waals surface area contributed by atoms with E-state index in [9.17, 15) is 4.79 Å². The lowest BCUT2D eigenvalue weighted by molar-refractivity contribution is -0.140. The molecule has 1 aliphatic rings. The molecule has 0 atom stereocenters. The Balaban J connectivity index is 1.72. The van der Waals surface area contributed by atoms with Gasteiger partial charge in [-0.2, -0.15) is 0 Å². The van der Waals surface area contributed by atoms with E-state index in [2.05, 4.69) is 32.0 Å². The molecule has 0 N–H and O–H groups in total. The maximum atomic E-state index is 12.2. The number of hydrogen-bond donors (Lipinski definition) is 0. The summed E-state index contributed by atoms with van der Waals surface area (Å²) in [5, 5.41) is 2.30. The van der Waals surface area contributed by atoms with Crippen LogP contribution in [0.3, 0.4) is 0 Å². The van der Waals surface area contributed by atoms with Crippen LogP contribution >= 0.6 is 0 Å². The highest BCUT2D eigenvalue weighted by Gasteiger charge is 2.25. The summed E-state index contributed by atoms with van der Waals surface area (Å²) in [6, 6.07) is 12.2. The predicted molar refractivity (Wildman–Crippen MR) is 85.4 cm³/mol. The van der Waals surface area contributed by atoms with Gasteiger partial charge in [-0.1, -0.05) is 36.8 Å². The van der Waals surface area contributed by atoms with Gasteiger partial charge in [0.05, 0.1) is 5.92 Å². The maximum Gasteiger partial charge on any atom is 0.314 e. The van der Waals surface area contributed by atoms with Gasteiger partial charge in [0, 0.05) is 0 Å². The van der Waals surface area contributed by atoms with Crippen LogP contribution < -0.4 is 4.74 Å². The molecule has 0 heterocycles. The standard InChI is InChI=1S/C19H22O2/c1-13-3-6-15(7-4-13)19(20)21-18-10-9-16-11-14(2)5-8-17(16)12-18/h5,8-13,15H,3-4,6-7H2,1-2H3. The first-order valence-corrected chi connectivity index (χ1v) is 7.84. The van der Waals surface area contributed by atoms with Crippen LogP contribution in [-0.4, -0.2) is 5.97 Å². The largest absolute Gasteiger partial charge is 0.426 e. The topological polar surface area (TPSA) is 26.3 Å². The van der Waals surface area contributed by atoms with E-state index in [0.29, 0.717) is 5.75 Å². The molecule has 0 unspecified atom stereocenters. The minimum atomic E-state index is -0.0617. The second kappa shape index (κ2) is 5.88. The Morgan fingerprint density at radius 2 is 1.67 bits per heavy atom. The highest BCUT2D eigenvalue weighted by molar-refractivity contribution is 5.85. The lowest BCUT2D eigenvalue weighted by atomic mass is 9.83.